The van der Waals surface area contributed by atoms with Gasteiger partial charge in [0, 0.05) is 36.5 Å². The number of benzene rings is 1. The van der Waals surface area contributed by atoms with E-state index in [-0.39, 0.29) is 5.75 Å². The zero-order valence-corrected chi connectivity index (χ0v) is 12.2. The predicted octanol–water partition coefficient (Wildman–Crippen LogP) is 1.36. The van der Waals surface area contributed by atoms with E-state index in [0.29, 0.717) is 40.9 Å². The molecule has 1 aliphatic rings. The van der Waals surface area contributed by atoms with Crippen LogP contribution < -0.4 is 21.5 Å². The quantitative estimate of drug-likeness (QED) is 0.573. The van der Waals surface area contributed by atoms with Crippen molar-refractivity contribution in [1.29, 1.82) is 0 Å². The molecule has 0 saturated carbocycles. The molecule has 1 aromatic heterocycles. The van der Waals surface area contributed by atoms with Crippen molar-refractivity contribution in [3.63, 3.8) is 0 Å². The molecule has 2 aromatic rings. The summed E-state index contributed by atoms with van der Waals surface area (Å²) in [4.78, 5) is 2.94. The number of rotatable bonds is 5. The highest BCUT2D eigenvalue weighted by atomic mass is 16.5. The average Bonchev–Trinajstić information content (AvgIpc) is 2.79. The molecule has 0 aliphatic carbocycles. The van der Waals surface area contributed by atoms with Crippen LogP contribution in [0.5, 0.6) is 11.5 Å². The highest BCUT2D eigenvalue weighted by Gasteiger charge is 2.18. The number of anilines is 1. The number of nitrogens with one attached hydrogen (secondary N) is 2. The van der Waals surface area contributed by atoms with Crippen LogP contribution in [0.15, 0.2) is 30.5 Å². The third-order valence-corrected chi connectivity index (χ3v) is 3.77. The molecule has 0 spiro atoms. The minimum atomic E-state index is 0.133. The van der Waals surface area contributed by atoms with Crippen LogP contribution in [0.25, 0.3) is 11.8 Å². The molecule has 0 atom stereocenters. The summed E-state index contributed by atoms with van der Waals surface area (Å²) in [6, 6.07) is 6.91. The smallest absolute Gasteiger partial charge is 0.146 e. The van der Waals surface area contributed by atoms with Crippen LogP contribution in [0, 0.1) is 5.92 Å². The highest BCUT2D eigenvalue weighted by Crippen LogP contribution is 2.30. The molecular formula is C16H20N4O2. The van der Waals surface area contributed by atoms with Crippen molar-refractivity contribution in [3.8, 4) is 11.5 Å². The van der Waals surface area contributed by atoms with Crippen molar-refractivity contribution in [2.24, 2.45) is 11.7 Å². The van der Waals surface area contributed by atoms with Crippen molar-refractivity contribution in [3.05, 3.63) is 41.6 Å². The topological polar surface area (TPSA) is 109 Å². The van der Waals surface area contributed by atoms with Crippen molar-refractivity contribution in [2.75, 3.05) is 25.4 Å². The van der Waals surface area contributed by atoms with Gasteiger partial charge in [0.15, 0.2) is 0 Å². The maximum absolute atomic E-state index is 9.87. The van der Waals surface area contributed by atoms with Crippen LogP contribution in [0.3, 0.4) is 0 Å². The Morgan fingerprint density at radius 1 is 1.36 bits per heavy atom. The Bertz CT molecular complexity index is 689. The first-order valence-electron chi connectivity index (χ1n) is 7.21. The molecule has 116 valence electrons. The molecular weight excluding hydrogens is 280 g/mol. The maximum atomic E-state index is 9.87. The number of hydrogen-bond acceptors (Lipinski definition) is 5. The lowest BCUT2D eigenvalue weighted by molar-refractivity contribution is 0.199. The second kappa shape index (κ2) is 6.03. The van der Waals surface area contributed by atoms with E-state index in [4.69, 9.17) is 16.2 Å². The number of ether oxygens (including phenoxy) is 1. The Kier molecular flexibility index (Phi) is 3.93. The average molecular weight is 300 g/mol. The molecule has 2 heterocycles. The molecule has 1 aromatic carbocycles. The van der Waals surface area contributed by atoms with E-state index < -0.39 is 0 Å². The Morgan fingerprint density at radius 3 is 2.82 bits per heavy atom. The summed E-state index contributed by atoms with van der Waals surface area (Å²) in [5.41, 5.74) is 13.7. The molecule has 0 amide bonds. The fourth-order valence-electron chi connectivity index (χ4n) is 2.32. The molecule has 7 N–H and O–H groups in total. The number of aromatic amines is 1. The van der Waals surface area contributed by atoms with E-state index in [1.807, 2.05) is 6.07 Å². The standard InChI is InChI=1S/C16H20N4O2/c17-13(11-3-1-2-4-14(11)21)5-12-15(8-20-16(12)18)22-9-10-6-19-7-10/h1-5,8,10,19-21H,6-7,9,17-18H2/b13-5-. The molecule has 6 nitrogen and oxygen atoms in total. The van der Waals surface area contributed by atoms with Gasteiger partial charge in [0.2, 0.25) is 0 Å². The van der Waals surface area contributed by atoms with Crippen LogP contribution in [0.4, 0.5) is 5.82 Å². The van der Waals surface area contributed by atoms with Crippen molar-refractivity contribution in [1.82, 2.24) is 10.3 Å². The van der Waals surface area contributed by atoms with Crippen LogP contribution >= 0.6 is 0 Å². The number of H-pyrrole nitrogens is 1. The van der Waals surface area contributed by atoms with E-state index in [1.54, 1.807) is 30.5 Å². The van der Waals surface area contributed by atoms with Gasteiger partial charge >= 0.3 is 0 Å². The lowest BCUT2D eigenvalue weighted by Gasteiger charge is -2.26. The van der Waals surface area contributed by atoms with Crippen LogP contribution in [-0.2, 0) is 0 Å². The number of hydrogen-bond donors (Lipinski definition) is 5. The Hall–Kier alpha value is -2.60. The third-order valence-electron chi connectivity index (χ3n) is 3.77. The maximum Gasteiger partial charge on any atom is 0.146 e. The summed E-state index contributed by atoms with van der Waals surface area (Å²) in [5, 5.41) is 13.1. The molecule has 6 heteroatoms. The van der Waals surface area contributed by atoms with Gasteiger partial charge in [-0.2, -0.15) is 0 Å². The van der Waals surface area contributed by atoms with Crippen molar-refractivity contribution >= 4 is 17.6 Å². The summed E-state index contributed by atoms with van der Waals surface area (Å²) in [6.07, 6.45) is 3.45. The predicted molar refractivity (Wildman–Crippen MR) is 87.2 cm³/mol. The first kappa shape index (κ1) is 14.3. The van der Waals surface area contributed by atoms with Gasteiger partial charge in [-0.05, 0) is 18.2 Å². The van der Waals surface area contributed by atoms with Gasteiger partial charge in [0.05, 0.1) is 12.2 Å². The number of phenolic OH excluding ortho intramolecular Hbond substituents is 1. The second-order valence-corrected chi connectivity index (χ2v) is 5.43. The first-order chi connectivity index (χ1) is 10.6. The molecule has 3 rings (SSSR count). The summed E-state index contributed by atoms with van der Waals surface area (Å²) in [5.74, 6) is 1.82. The zero-order chi connectivity index (χ0) is 15.5. The van der Waals surface area contributed by atoms with E-state index in [0.717, 1.165) is 13.1 Å². The monoisotopic (exact) mass is 300 g/mol. The minimum Gasteiger partial charge on any atom is -0.507 e. The van der Waals surface area contributed by atoms with Gasteiger partial charge in [0.1, 0.15) is 17.3 Å². The zero-order valence-electron chi connectivity index (χ0n) is 12.2. The molecule has 0 radical (unpaired) electrons. The SMILES string of the molecule is N/C(=C\c1c(OCC2CNC2)c[nH]c1N)c1ccccc1O. The minimum absolute atomic E-state index is 0.133. The third kappa shape index (κ3) is 2.87. The summed E-state index contributed by atoms with van der Waals surface area (Å²) in [7, 11) is 0. The Labute approximate surface area is 128 Å². The molecule has 1 aliphatic heterocycles. The van der Waals surface area contributed by atoms with Crippen LogP contribution in [0.1, 0.15) is 11.1 Å². The van der Waals surface area contributed by atoms with Gasteiger partial charge in [-0.3, -0.25) is 0 Å². The van der Waals surface area contributed by atoms with Crippen molar-refractivity contribution in [2.45, 2.75) is 0 Å². The fourth-order valence-corrected chi connectivity index (χ4v) is 2.32. The number of para-hydroxylation sites is 1. The van der Waals surface area contributed by atoms with Crippen LogP contribution in [-0.4, -0.2) is 29.8 Å². The number of nitrogen functional groups attached to an aromatic ring is 1. The summed E-state index contributed by atoms with van der Waals surface area (Å²) < 4.78 is 5.82. The second-order valence-electron chi connectivity index (χ2n) is 5.43. The van der Waals surface area contributed by atoms with E-state index in [9.17, 15) is 5.11 Å². The molecule has 1 saturated heterocycles. The van der Waals surface area contributed by atoms with Crippen molar-refractivity contribution < 1.29 is 9.84 Å². The number of nitrogens with two attached hydrogens (primary N) is 2. The lowest BCUT2D eigenvalue weighted by Crippen LogP contribution is -2.45. The number of aromatic nitrogens is 1. The van der Waals surface area contributed by atoms with Crippen LogP contribution in [0.2, 0.25) is 0 Å². The van der Waals surface area contributed by atoms with Gasteiger partial charge in [-0.15, -0.1) is 0 Å². The molecule has 22 heavy (non-hydrogen) atoms. The normalized spacial score (nSPS) is 15.5. The molecule has 0 unspecified atom stereocenters. The molecule has 1 fully saturated rings. The number of aromatic hydroxyl groups is 1. The Morgan fingerprint density at radius 2 is 2.14 bits per heavy atom. The van der Waals surface area contributed by atoms with Gasteiger partial charge < -0.3 is 31.6 Å². The molecule has 0 bridgehead atoms. The lowest BCUT2D eigenvalue weighted by atomic mass is 10.1. The highest BCUT2D eigenvalue weighted by molar-refractivity contribution is 5.86. The first-order valence-corrected chi connectivity index (χ1v) is 7.21. The van der Waals surface area contributed by atoms with Gasteiger partial charge in [0.25, 0.3) is 0 Å². The number of phenols is 1. The van der Waals surface area contributed by atoms with E-state index in [2.05, 4.69) is 10.3 Å². The summed E-state index contributed by atoms with van der Waals surface area (Å²) >= 11 is 0. The fraction of sp³-hybridized carbons (Fsp3) is 0.250. The van der Waals surface area contributed by atoms with E-state index >= 15 is 0 Å². The van der Waals surface area contributed by atoms with Gasteiger partial charge in [-0.25, -0.2) is 0 Å². The summed E-state index contributed by atoms with van der Waals surface area (Å²) in [6.45, 7) is 2.60. The largest absolute Gasteiger partial charge is 0.507 e. The van der Waals surface area contributed by atoms with E-state index in [1.165, 1.54) is 0 Å². The van der Waals surface area contributed by atoms with Gasteiger partial charge in [-0.1, -0.05) is 12.1 Å². The Balaban J connectivity index is 1.82.